The van der Waals surface area contributed by atoms with E-state index in [-0.39, 0.29) is 41.6 Å². The molecule has 386 valence electrons. The van der Waals surface area contributed by atoms with Gasteiger partial charge in [0.2, 0.25) is 0 Å². The van der Waals surface area contributed by atoms with Gasteiger partial charge < -0.3 is 94.8 Å². The standard InChI is InChI=1S/C48H80O19/c1-43(2)10-12-48(13-11-45(5)21(22(48)16-43)14-23(52)39-46(45,6)9-8-27-44(3,4)28(53)15-29(54)47(27,39)7)20-62-41-37(34(59)31(56)25(18-50)64-41)67-42-38(35(60)32(57)26(19-51)65-42)66-40-36(61)33(58)30(55)24(17-49)63-40/h14,22-42,49-61H,8-13,15-20H2,1-7H3/t22-,23-,24-,25-,26-,27-,28+,29-,30-,31-,32-,33+,34+,35+,36-,37-,38-,39+,40+,41-,42+,45-,46-,47-,48-/m1/s1. The number of hydrogen-bond acceptors (Lipinski definition) is 19. The third-order valence-corrected chi connectivity index (χ3v) is 19.5. The van der Waals surface area contributed by atoms with Crippen LogP contribution in [-0.2, 0) is 28.4 Å². The maximum absolute atomic E-state index is 12.6. The molecule has 3 saturated heterocycles. The molecule has 19 heteroatoms. The van der Waals surface area contributed by atoms with Gasteiger partial charge in [-0.3, -0.25) is 0 Å². The molecular formula is C48H80O19. The molecule has 0 amide bonds. The van der Waals surface area contributed by atoms with E-state index >= 15 is 0 Å². The van der Waals surface area contributed by atoms with Crippen molar-refractivity contribution in [2.75, 3.05) is 26.4 Å². The first kappa shape index (κ1) is 52.3. The van der Waals surface area contributed by atoms with Crippen LogP contribution < -0.4 is 0 Å². The summed E-state index contributed by atoms with van der Waals surface area (Å²) < 4.78 is 36.4. The summed E-state index contributed by atoms with van der Waals surface area (Å²) in [5.41, 5.74) is -1.39. The first-order valence-electron chi connectivity index (χ1n) is 24.5. The smallest absolute Gasteiger partial charge is 0.187 e. The summed E-state index contributed by atoms with van der Waals surface area (Å²) in [5, 5.41) is 143. The highest BCUT2D eigenvalue weighted by molar-refractivity contribution is 5.36. The van der Waals surface area contributed by atoms with Crippen molar-refractivity contribution < 1.29 is 94.8 Å². The lowest BCUT2D eigenvalue weighted by molar-refractivity contribution is -0.394. The fraction of sp³-hybridized carbons (Fsp3) is 0.958. The molecule has 3 heterocycles. The maximum Gasteiger partial charge on any atom is 0.187 e. The van der Waals surface area contributed by atoms with Crippen LogP contribution in [0.25, 0.3) is 0 Å². The van der Waals surface area contributed by atoms with Crippen molar-refractivity contribution in [2.45, 2.75) is 210 Å². The third-order valence-electron chi connectivity index (χ3n) is 19.5. The summed E-state index contributed by atoms with van der Waals surface area (Å²) in [4.78, 5) is 0. The predicted molar refractivity (Wildman–Crippen MR) is 233 cm³/mol. The summed E-state index contributed by atoms with van der Waals surface area (Å²) in [6.07, 6.45) is -20.2. The second kappa shape index (κ2) is 18.5. The van der Waals surface area contributed by atoms with E-state index in [1.54, 1.807) is 0 Å². The topological polar surface area (TPSA) is 318 Å². The molecule has 4 saturated carbocycles. The number of fused-ring (bicyclic) bond motifs is 7. The lowest BCUT2D eigenvalue weighted by Gasteiger charge is -2.72. The molecule has 13 N–H and O–H groups in total. The highest BCUT2D eigenvalue weighted by Crippen LogP contribution is 2.75. The molecule has 8 aliphatic rings. The first-order valence-corrected chi connectivity index (χ1v) is 24.5. The Kier molecular flexibility index (Phi) is 14.4. The predicted octanol–water partition coefficient (Wildman–Crippen LogP) is -1.44. The Morgan fingerprint density at radius 1 is 0.582 bits per heavy atom. The van der Waals surface area contributed by atoms with Crippen LogP contribution in [0.2, 0.25) is 0 Å². The molecule has 8 rings (SSSR count). The minimum atomic E-state index is -1.93. The zero-order valence-corrected chi connectivity index (χ0v) is 40.0. The Morgan fingerprint density at radius 3 is 1.70 bits per heavy atom. The molecule has 0 aromatic rings. The number of aliphatic hydroxyl groups is 13. The minimum Gasteiger partial charge on any atom is -0.394 e. The Hall–Kier alpha value is -1.02. The van der Waals surface area contributed by atoms with Crippen molar-refractivity contribution in [3.05, 3.63) is 11.6 Å². The summed E-state index contributed by atoms with van der Waals surface area (Å²) in [7, 11) is 0. The van der Waals surface area contributed by atoms with E-state index in [1.165, 1.54) is 0 Å². The van der Waals surface area contributed by atoms with Crippen molar-refractivity contribution in [3.8, 4) is 0 Å². The van der Waals surface area contributed by atoms with Gasteiger partial charge in [-0.1, -0.05) is 60.1 Å². The van der Waals surface area contributed by atoms with Crippen LogP contribution in [0.4, 0.5) is 0 Å². The average Bonchev–Trinajstić information content (AvgIpc) is 3.27. The van der Waals surface area contributed by atoms with Crippen LogP contribution in [0.1, 0.15) is 99.8 Å². The Labute approximate surface area is 392 Å². The zero-order chi connectivity index (χ0) is 49.1. The van der Waals surface area contributed by atoms with Gasteiger partial charge in [-0.05, 0) is 78.4 Å². The van der Waals surface area contributed by atoms with Crippen LogP contribution in [0.3, 0.4) is 0 Å². The zero-order valence-electron chi connectivity index (χ0n) is 40.0. The largest absolute Gasteiger partial charge is 0.394 e. The summed E-state index contributed by atoms with van der Waals surface area (Å²) in [6, 6.07) is 0. The highest BCUT2D eigenvalue weighted by atomic mass is 16.8. The number of ether oxygens (including phenoxy) is 6. The van der Waals surface area contributed by atoms with Crippen LogP contribution in [0, 0.1) is 50.2 Å². The van der Waals surface area contributed by atoms with Crippen molar-refractivity contribution in [1.82, 2.24) is 0 Å². The fourth-order valence-electron chi connectivity index (χ4n) is 15.0. The minimum absolute atomic E-state index is 0.0200. The van der Waals surface area contributed by atoms with E-state index in [2.05, 4.69) is 54.5 Å². The van der Waals surface area contributed by atoms with Crippen molar-refractivity contribution >= 4 is 0 Å². The van der Waals surface area contributed by atoms with Crippen molar-refractivity contribution in [2.24, 2.45) is 50.2 Å². The SMILES string of the molecule is CC1(C)CC[C@]2(CO[C@@H]3O[C@H](CO)[C@@H](O)[C@H](O)[C@H]3O[C@@H]3O[C@H](CO)[C@@H](O)[C@H](O)[C@H]3O[C@@H]3O[C@H](CO)[C@@H](O)[C@H](O)[C@H]3O)CC[C@]3(C)C(=C[C@@H](O)[C@@H]4[C@@]5(C)[C@H](O)C[C@H](O)C(C)(C)[C@H]5CC[C@]43C)[C@H]2C1. The average molecular weight is 961 g/mol. The Balaban J connectivity index is 1.10. The van der Waals surface area contributed by atoms with Crippen LogP contribution in [0.5, 0.6) is 0 Å². The van der Waals surface area contributed by atoms with E-state index in [9.17, 15) is 66.4 Å². The molecule has 25 atom stereocenters. The molecular weight excluding hydrogens is 881 g/mol. The Morgan fingerprint density at radius 2 is 1.10 bits per heavy atom. The van der Waals surface area contributed by atoms with Gasteiger partial charge >= 0.3 is 0 Å². The lowest BCUT2D eigenvalue weighted by Crippen LogP contribution is -2.70. The molecule has 0 aromatic carbocycles. The van der Waals surface area contributed by atoms with Gasteiger partial charge in [-0.15, -0.1) is 0 Å². The summed E-state index contributed by atoms with van der Waals surface area (Å²) in [6.45, 7) is 13.1. The Bertz CT molecular complexity index is 1780. The molecule has 67 heavy (non-hydrogen) atoms. The van der Waals surface area contributed by atoms with Gasteiger partial charge in [-0.2, -0.15) is 0 Å². The first-order chi connectivity index (χ1) is 31.3. The highest BCUT2D eigenvalue weighted by Gasteiger charge is 2.72. The monoisotopic (exact) mass is 961 g/mol. The normalized spacial score (nSPS) is 55.0. The van der Waals surface area contributed by atoms with E-state index < -0.39 is 152 Å². The number of aliphatic hydroxyl groups excluding tert-OH is 13. The molecule has 7 fully saturated rings. The number of hydrogen-bond donors (Lipinski definition) is 13. The van der Waals surface area contributed by atoms with E-state index in [1.807, 2.05) is 0 Å². The van der Waals surface area contributed by atoms with E-state index in [4.69, 9.17) is 28.4 Å². The molecule has 5 aliphatic carbocycles. The molecule has 0 radical (unpaired) electrons. The van der Waals surface area contributed by atoms with Crippen molar-refractivity contribution in [3.63, 3.8) is 0 Å². The van der Waals surface area contributed by atoms with Gasteiger partial charge in [0, 0.05) is 23.2 Å². The second-order valence-electron chi connectivity index (χ2n) is 23.8. The van der Waals surface area contributed by atoms with Gasteiger partial charge in [-0.25, -0.2) is 0 Å². The van der Waals surface area contributed by atoms with Gasteiger partial charge in [0.05, 0.1) is 44.7 Å². The quantitative estimate of drug-likeness (QED) is 0.112. The molecule has 0 bridgehead atoms. The van der Waals surface area contributed by atoms with Gasteiger partial charge in [0.25, 0.3) is 0 Å². The number of allylic oxidation sites excluding steroid dienone is 1. The van der Waals surface area contributed by atoms with Crippen LogP contribution in [0.15, 0.2) is 11.6 Å². The van der Waals surface area contributed by atoms with Crippen LogP contribution in [-0.4, -0.2) is 203 Å². The number of rotatable bonds is 10. The second-order valence-corrected chi connectivity index (χ2v) is 23.8. The van der Waals surface area contributed by atoms with Gasteiger partial charge in [0.15, 0.2) is 18.9 Å². The summed E-state index contributed by atoms with van der Waals surface area (Å²) in [5.74, 6) is -0.393. The third kappa shape index (κ3) is 8.23. The molecule has 3 aliphatic heterocycles. The molecule has 0 unspecified atom stereocenters. The van der Waals surface area contributed by atoms with Crippen LogP contribution >= 0.6 is 0 Å². The maximum atomic E-state index is 12.6. The molecule has 0 spiro atoms. The fourth-order valence-corrected chi connectivity index (χ4v) is 15.0. The van der Waals surface area contributed by atoms with E-state index in [0.29, 0.717) is 6.42 Å². The lowest BCUT2D eigenvalue weighted by atomic mass is 9.33. The molecule has 19 nitrogen and oxygen atoms in total. The van der Waals surface area contributed by atoms with Crippen molar-refractivity contribution in [1.29, 1.82) is 0 Å². The van der Waals surface area contributed by atoms with E-state index in [0.717, 1.165) is 44.1 Å². The van der Waals surface area contributed by atoms with Gasteiger partial charge in [0.1, 0.15) is 73.2 Å². The summed E-state index contributed by atoms with van der Waals surface area (Å²) >= 11 is 0. The molecule has 0 aromatic heterocycles.